The maximum atomic E-state index is 12.1. The molecule has 5 heteroatoms. The lowest BCUT2D eigenvalue weighted by Crippen LogP contribution is -2.42. The molecule has 0 aliphatic heterocycles. The zero-order valence-electron chi connectivity index (χ0n) is 9.83. The van der Waals surface area contributed by atoms with Crippen LogP contribution in [0.5, 0.6) is 0 Å². The fraction of sp³-hybridized carbons (Fsp3) is 0.909. The monoisotopic (exact) mass is 234 g/mol. The highest BCUT2D eigenvalue weighted by Crippen LogP contribution is 2.29. The van der Waals surface area contributed by atoms with Gasteiger partial charge in [-0.3, -0.25) is 4.79 Å². The molecule has 1 amide bonds. The van der Waals surface area contributed by atoms with Gasteiger partial charge >= 0.3 is 0 Å². The lowest BCUT2D eigenvalue weighted by molar-refractivity contribution is -0.137. The van der Waals surface area contributed by atoms with Crippen LogP contribution in [0, 0.1) is 11.8 Å². The fourth-order valence-corrected chi connectivity index (χ4v) is 2.25. The molecule has 0 radical (unpaired) electrons. The van der Waals surface area contributed by atoms with E-state index in [2.05, 4.69) is 0 Å². The Morgan fingerprint density at radius 1 is 1.50 bits per heavy atom. The van der Waals surface area contributed by atoms with Gasteiger partial charge in [0.05, 0.1) is 6.54 Å². The lowest BCUT2D eigenvalue weighted by Gasteiger charge is -2.33. The van der Waals surface area contributed by atoms with E-state index in [4.69, 9.17) is 5.73 Å². The number of halogens is 2. The average Bonchev–Trinajstić information content (AvgIpc) is 2.20. The highest BCUT2D eigenvalue weighted by atomic mass is 19.3. The van der Waals surface area contributed by atoms with Gasteiger partial charge in [-0.1, -0.05) is 6.92 Å². The minimum Gasteiger partial charge on any atom is -0.340 e. The number of nitrogens with zero attached hydrogens (tertiary/aromatic N) is 1. The number of hydrogen-bond donors (Lipinski definition) is 1. The minimum absolute atomic E-state index is 0.126. The second-order valence-electron chi connectivity index (χ2n) is 4.76. The first-order chi connectivity index (χ1) is 7.41. The van der Waals surface area contributed by atoms with Crippen molar-refractivity contribution >= 4 is 5.91 Å². The summed E-state index contributed by atoms with van der Waals surface area (Å²) >= 11 is 0. The Morgan fingerprint density at radius 2 is 2.12 bits per heavy atom. The Kier molecular flexibility index (Phi) is 4.65. The van der Waals surface area contributed by atoms with Gasteiger partial charge in [-0.05, 0) is 25.2 Å². The van der Waals surface area contributed by atoms with Crippen LogP contribution in [0.4, 0.5) is 8.78 Å². The van der Waals surface area contributed by atoms with Crippen LogP contribution in [0.15, 0.2) is 0 Å². The Labute approximate surface area is 95.0 Å². The van der Waals surface area contributed by atoms with Crippen LogP contribution in [0.3, 0.4) is 0 Å². The van der Waals surface area contributed by atoms with E-state index in [1.165, 1.54) is 7.05 Å². The van der Waals surface area contributed by atoms with Crippen LogP contribution >= 0.6 is 0 Å². The molecule has 3 atom stereocenters. The number of carbonyl (C=O) groups is 1. The number of amides is 1. The van der Waals surface area contributed by atoms with Crippen LogP contribution in [0.2, 0.25) is 0 Å². The van der Waals surface area contributed by atoms with Crippen LogP contribution in [-0.2, 0) is 4.79 Å². The molecular formula is C11H20F2N2O. The van der Waals surface area contributed by atoms with Crippen molar-refractivity contribution in [1.82, 2.24) is 4.90 Å². The Hall–Kier alpha value is -0.710. The van der Waals surface area contributed by atoms with Gasteiger partial charge in [0.25, 0.3) is 6.43 Å². The predicted molar refractivity (Wildman–Crippen MR) is 58.1 cm³/mol. The smallest absolute Gasteiger partial charge is 0.255 e. The SMILES string of the molecule is CC1CC(C(=O)N(C)CC(F)F)CCC1N. The van der Waals surface area contributed by atoms with Gasteiger partial charge in [0, 0.05) is 19.0 Å². The molecule has 0 heterocycles. The van der Waals surface area contributed by atoms with E-state index < -0.39 is 13.0 Å². The van der Waals surface area contributed by atoms with E-state index in [1.807, 2.05) is 6.92 Å². The third-order valence-electron chi connectivity index (χ3n) is 3.37. The van der Waals surface area contributed by atoms with Crippen molar-refractivity contribution in [3.8, 4) is 0 Å². The van der Waals surface area contributed by atoms with E-state index in [0.29, 0.717) is 12.3 Å². The molecule has 0 saturated heterocycles. The van der Waals surface area contributed by atoms with E-state index in [0.717, 1.165) is 17.7 Å². The van der Waals surface area contributed by atoms with Gasteiger partial charge in [0.1, 0.15) is 0 Å². The van der Waals surface area contributed by atoms with Crippen molar-refractivity contribution in [2.24, 2.45) is 17.6 Å². The summed E-state index contributed by atoms with van der Waals surface area (Å²) in [6.45, 7) is 1.53. The summed E-state index contributed by atoms with van der Waals surface area (Å²) in [5.74, 6) is 0.000231. The minimum atomic E-state index is -2.46. The summed E-state index contributed by atoms with van der Waals surface area (Å²) in [6, 6.07) is 0.143. The molecule has 1 fully saturated rings. The molecule has 3 unspecified atom stereocenters. The zero-order chi connectivity index (χ0) is 12.3. The van der Waals surface area contributed by atoms with Crippen LogP contribution in [-0.4, -0.2) is 36.9 Å². The summed E-state index contributed by atoms with van der Waals surface area (Å²) in [5.41, 5.74) is 5.85. The van der Waals surface area contributed by atoms with Gasteiger partial charge in [-0.15, -0.1) is 0 Å². The topological polar surface area (TPSA) is 46.3 Å². The zero-order valence-corrected chi connectivity index (χ0v) is 9.83. The second-order valence-corrected chi connectivity index (χ2v) is 4.76. The molecule has 0 aromatic heterocycles. The maximum Gasteiger partial charge on any atom is 0.255 e. The molecule has 3 nitrogen and oxygen atoms in total. The highest BCUT2D eigenvalue weighted by Gasteiger charge is 2.31. The molecule has 0 spiro atoms. The molecule has 1 saturated carbocycles. The van der Waals surface area contributed by atoms with Crippen molar-refractivity contribution in [3.05, 3.63) is 0 Å². The van der Waals surface area contributed by atoms with Crippen LogP contribution in [0.25, 0.3) is 0 Å². The van der Waals surface area contributed by atoms with Crippen molar-refractivity contribution in [2.75, 3.05) is 13.6 Å². The first kappa shape index (κ1) is 13.4. The molecule has 1 rings (SSSR count). The van der Waals surface area contributed by atoms with Gasteiger partial charge in [-0.25, -0.2) is 8.78 Å². The van der Waals surface area contributed by atoms with Crippen LogP contribution in [0.1, 0.15) is 26.2 Å². The summed E-state index contributed by atoms with van der Waals surface area (Å²) in [4.78, 5) is 13.0. The highest BCUT2D eigenvalue weighted by molar-refractivity contribution is 5.78. The van der Waals surface area contributed by atoms with Crippen molar-refractivity contribution < 1.29 is 13.6 Å². The first-order valence-corrected chi connectivity index (χ1v) is 5.70. The largest absolute Gasteiger partial charge is 0.340 e. The Balaban J connectivity index is 2.48. The number of rotatable bonds is 3. The Morgan fingerprint density at radius 3 is 2.62 bits per heavy atom. The third kappa shape index (κ3) is 3.40. The molecule has 1 aliphatic carbocycles. The van der Waals surface area contributed by atoms with Gasteiger partial charge < -0.3 is 10.6 Å². The summed E-state index contributed by atoms with van der Waals surface area (Å²) in [7, 11) is 1.44. The fourth-order valence-electron chi connectivity index (χ4n) is 2.25. The molecule has 2 N–H and O–H groups in total. The summed E-state index contributed by atoms with van der Waals surface area (Å²) in [5, 5.41) is 0. The number of hydrogen-bond acceptors (Lipinski definition) is 2. The second kappa shape index (κ2) is 5.57. The van der Waals surface area contributed by atoms with Gasteiger partial charge in [0.15, 0.2) is 0 Å². The molecule has 94 valence electrons. The summed E-state index contributed by atoms with van der Waals surface area (Å²) < 4.78 is 24.3. The normalized spacial score (nSPS) is 30.5. The standard InChI is InChI=1S/C11H20F2N2O/c1-7-5-8(3-4-9(7)14)11(16)15(2)6-10(12)13/h7-10H,3-6,14H2,1-2H3. The molecule has 1 aliphatic rings. The van der Waals surface area contributed by atoms with Crippen molar-refractivity contribution in [1.29, 1.82) is 0 Å². The number of nitrogens with two attached hydrogens (primary N) is 1. The van der Waals surface area contributed by atoms with E-state index in [-0.39, 0.29) is 17.9 Å². The molecule has 0 aromatic rings. The number of alkyl halides is 2. The lowest BCUT2D eigenvalue weighted by atomic mass is 9.79. The summed E-state index contributed by atoms with van der Waals surface area (Å²) in [6.07, 6.45) is -0.219. The van der Waals surface area contributed by atoms with Crippen molar-refractivity contribution in [2.45, 2.75) is 38.7 Å². The molecule has 16 heavy (non-hydrogen) atoms. The van der Waals surface area contributed by atoms with Gasteiger partial charge in [-0.2, -0.15) is 0 Å². The predicted octanol–water partition coefficient (Wildman–Crippen LogP) is 1.47. The first-order valence-electron chi connectivity index (χ1n) is 5.70. The Bertz CT molecular complexity index is 248. The van der Waals surface area contributed by atoms with E-state index in [9.17, 15) is 13.6 Å². The molecule has 0 bridgehead atoms. The van der Waals surface area contributed by atoms with E-state index >= 15 is 0 Å². The van der Waals surface area contributed by atoms with E-state index in [1.54, 1.807) is 0 Å². The number of carbonyl (C=O) groups excluding carboxylic acids is 1. The maximum absolute atomic E-state index is 12.1. The molecular weight excluding hydrogens is 214 g/mol. The molecule has 0 aromatic carbocycles. The average molecular weight is 234 g/mol. The quantitative estimate of drug-likeness (QED) is 0.804. The van der Waals surface area contributed by atoms with Gasteiger partial charge in [0.2, 0.25) is 5.91 Å². The third-order valence-corrected chi connectivity index (χ3v) is 3.37. The van der Waals surface area contributed by atoms with Crippen LogP contribution < -0.4 is 5.73 Å². The van der Waals surface area contributed by atoms with Crippen molar-refractivity contribution in [3.63, 3.8) is 0 Å².